The minimum absolute atomic E-state index is 0.0566. The molecule has 0 unspecified atom stereocenters. The van der Waals surface area contributed by atoms with E-state index < -0.39 is 0 Å². The van der Waals surface area contributed by atoms with Crippen molar-refractivity contribution in [2.75, 3.05) is 70.8 Å². The number of nitrogens with zero attached hydrogens (tertiary/aromatic N) is 14. The lowest BCUT2D eigenvalue weighted by Gasteiger charge is -2.18. The van der Waals surface area contributed by atoms with Gasteiger partial charge in [-0.15, -0.1) is 0 Å². The molecule has 0 saturated carbocycles. The second kappa shape index (κ2) is 43.2. The molecule has 3 aliphatic rings. The number of hydrogen-bond donors (Lipinski definition) is 6. The molecule has 15 rings (SSSR count). The molecule has 4 aromatic carbocycles. The van der Waals surface area contributed by atoms with Gasteiger partial charge in [-0.05, 0) is 168 Å². The lowest BCUT2D eigenvalue weighted by atomic mass is 10.0. The van der Waals surface area contributed by atoms with Crippen LogP contribution < -0.4 is 42.5 Å². The van der Waals surface area contributed by atoms with Crippen molar-refractivity contribution in [3.8, 4) is 0 Å². The van der Waals surface area contributed by atoms with Crippen molar-refractivity contribution in [2.24, 2.45) is 17.6 Å². The topological polar surface area (TPSA) is 330 Å². The van der Waals surface area contributed by atoms with Crippen LogP contribution in [0, 0.1) is 67.2 Å². The molecule has 0 spiro atoms. The first-order valence-corrected chi connectivity index (χ1v) is 42.7. The molecule has 8 N–H and O–H groups in total. The van der Waals surface area contributed by atoms with Crippen molar-refractivity contribution in [1.82, 2.24) is 65.1 Å². The molecule has 11 heterocycles. The number of thiazole rings is 4. The van der Waals surface area contributed by atoms with Crippen LogP contribution in [0.5, 0.6) is 0 Å². The van der Waals surface area contributed by atoms with E-state index in [-0.39, 0.29) is 54.9 Å². The number of rotatable bonds is 20. The molecule has 0 amide bonds. The van der Waals surface area contributed by atoms with E-state index in [0.717, 1.165) is 101 Å². The van der Waals surface area contributed by atoms with Gasteiger partial charge in [0.25, 0.3) is 0 Å². The summed E-state index contributed by atoms with van der Waals surface area (Å²) in [7, 11) is 0. The third-order valence-corrected chi connectivity index (χ3v) is 23.8. The van der Waals surface area contributed by atoms with E-state index in [4.69, 9.17) is 98.2 Å². The lowest BCUT2D eigenvalue weighted by Crippen LogP contribution is -2.27. The number of carbonyl (C=O) groups excluding carboxylic acids is 4. The van der Waals surface area contributed by atoms with Crippen LogP contribution >= 0.6 is 127 Å². The maximum Gasteiger partial charge on any atom is 0.188 e. The second-order valence-corrected chi connectivity index (χ2v) is 34.7. The highest BCUT2D eigenvalue weighted by Gasteiger charge is 2.25. The maximum atomic E-state index is 12.8. The van der Waals surface area contributed by atoms with E-state index in [1.807, 2.05) is 53.7 Å². The van der Waals surface area contributed by atoms with E-state index in [2.05, 4.69) is 105 Å². The number of aryl methyl sites for hydroxylation is 8. The smallest absolute Gasteiger partial charge is 0.188 e. The Hall–Kier alpha value is -8.85. The van der Waals surface area contributed by atoms with Crippen LogP contribution in [0.15, 0.2) is 122 Å². The van der Waals surface area contributed by atoms with Gasteiger partial charge < -0.3 is 42.5 Å². The monoisotopic (exact) mass is 1790 g/mol. The molecular weight excluding hydrogens is 1710 g/mol. The zero-order chi connectivity index (χ0) is 87.6. The molecular formula is C82H87Cl7N20O4S4. The molecule has 3 aliphatic heterocycles. The van der Waals surface area contributed by atoms with Crippen molar-refractivity contribution >= 4 is 199 Å². The number of aromatic nitrogens is 12. The van der Waals surface area contributed by atoms with Gasteiger partial charge in [-0.1, -0.05) is 189 Å². The normalized spacial score (nSPS) is 15.1. The molecule has 117 heavy (non-hydrogen) atoms. The molecule has 0 bridgehead atoms. The molecule has 24 nitrogen and oxygen atoms in total. The summed E-state index contributed by atoms with van der Waals surface area (Å²) < 4.78 is 30.6. The van der Waals surface area contributed by atoms with Gasteiger partial charge in [-0.3, -0.25) is 19.2 Å². The Morgan fingerprint density at radius 2 is 0.786 bits per heavy atom. The van der Waals surface area contributed by atoms with E-state index in [0.29, 0.717) is 146 Å². The zero-order valence-corrected chi connectivity index (χ0v) is 74.0. The summed E-state index contributed by atoms with van der Waals surface area (Å²) >= 11 is 46.6. The van der Waals surface area contributed by atoms with Gasteiger partial charge in [-0.25, -0.2) is 59.8 Å². The van der Waals surface area contributed by atoms with E-state index in [9.17, 15) is 19.2 Å². The summed E-state index contributed by atoms with van der Waals surface area (Å²) in [6.45, 7) is 25.2. The number of anilines is 9. The summed E-state index contributed by atoms with van der Waals surface area (Å²) in [4.78, 5) is 107. The highest BCUT2D eigenvalue weighted by atomic mass is 35.5. The minimum Gasteiger partial charge on any atom is -0.375 e. The zero-order valence-electron chi connectivity index (χ0n) is 69.5. The van der Waals surface area contributed by atoms with Crippen molar-refractivity contribution in [2.45, 2.75) is 120 Å². The number of nitrogen functional groups attached to an aromatic ring is 1. The van der Waals surface area contributed by atoms with Gasteiger partial charge >= 0.3 is 0 Å². The lowest BCUT2D eigenvalue weighted by molar-refractivity contribution is 0.0988. The number of ketones is 4. The average molecular weight is 1800 g/mol. The summed E-state index contributed by atoms with van der Waals surface area (Å²) in [5.74, 6) is 7.34. The molecule has 0 aliphatic carbocycles. The predicted octanol–water partition coefficient (Wildman–Crippen LogP) is 20.0. The Kier molecular flexibility index (Phi) is 31.2. The molecule has 3 atom stereocenters. The van der Waals surface area contributed by atoms with Crippen molar-refractivity contribution in [3.63, 3.8) is 0 Å². The predicted molar refractivity (Wildman–Crippen MR) is 479 cm³/mol. The Labute approximate surface area is 736 Å². The number of Topliss-reactive ketones (excluding diaryl/α,β-unsaturated/α-hetero) is 4. The molecule has 35 heteroatoms. The third-order valence-electron chi connectivity index (χ3n) is 18.1. The fourth-order valence-electron chi connectivity index (χ4n) is 12.0. The van der Waals surface area contributed by atoms with Crippen LogP contribution in [0.4, 0.5) is 49.6 Å². The fraction of sp³-hybridized carbons (Fsp3) is 0.317. The number of carbonyl (C=O) groups is 4. The van der Waals surface area contributed by atoms with E-state index in [1.165, 1.54) is 95.5 Å². The second-order valence-electron chi connectivity index (χ2n) is 27.7. The van der Waals surface area contributed by atoms with Crippen LogP contribution in [-0.4, -0.2) is 128 Å². The van der Waals surface area contributed by atoms with Gasteiger partial charge in [-0.2, -0.15) is 0 Å². The van der Waals surface area contributed by atoms with Gasteiger partial charge in [0.15, 0.2) is 43.7 Å². The number of halogens is 7. The molecule has 3 fully saturated rings. The molecule has 0 radical (unpaired) electrons. The average Bonchev–Trinajstić information content (AvgIpc) is 1.81. The minimum atomic E-state index is -0.0878. The van der Waals surface area contributed by atoms with Gasteiger partial charge in [0, 0.05) is 102 Å². The van der Waals surface area contributed by atoms with Crippen molar-refractivity contribution in [3.05, 3.63) is 245 Å². The molecule has 12 aromatic rings. The molecule has 612 valence electrons. The highest BCUT2D eigenvalue weighted by Crippen LogP contribution is 2.33. The summed E-state index contributed by atoms with van der Waals surface area (Å²) in [5, 5.41) is 17.6. The van der Waals surface area contributed by atoms with Gasteiger partial charge in [0.2, 0.25) is 0 Å². The SMILES string of the molecule is C[C@@H]1CCNC1.Cc1nc(Cl)cc(Cl)n1.[2H]c1cc(C)c(CC(=O)c2cnc(N)s2)c(Cl)c1.[2H]c1cc(C)c(CC(=O)c2cnc(Nc3cc(Cl)nc(C)n3)s2)c(Cl)c1.[2H]c1cc(C)c(CC(=O)c2cnc(Nc3cc(N4CC[C@@H](C)C4)nc(C)n3)s2)c(Cl)c1.[2H]c1cc(C)c(CC(=O)c2cnc(Nc3cc(N4CC[C@@H](N)C4)nc(C)n3)s2)c(Cl)c1. The standard InChI is InChI=1S/C22H24ClN5OS.C21H23ClN6OS.C17H14Cl2N4OS.C12H11ClN2OS.C5H4Cl2N2.C5H11N/c1-13-7-8-28(12-13)21-10-20(25-15(3)26-21)27-22-24-11-19(30-22)18(29)9-16-14(2)5-4-6-17(16)23;1-12-4-3-5-16(22)15(12)8-17(29)18-10-24-21(30-18)27-19-9-20(26-13(2)25-19)28-7-6-14(23)11-28;1-9-4-3-5-12(18)11(9)6-13(24)14-8-20-17(25-14)23-16-7-15(19)21-10(2)22-16;1-7-3-2-4-9(13)8(7)5-10(16)11-6-15-12(14)17-11;1-3-8-4(6)2-5(7)9-3;1-5-2-3-6-4-5/h4-6,10-11,13H,7-9,12H2,1-3H3,(H,24,25,26,27);3-5,9-10,14H,6-8,11,23H2,1-2H3,(H,24,25,26,27);3-5,7-8H,6H2,1-2H3,(H,20,21,22,23);2-4,6H,5H2,1H3,(H2,14,15);2H,1H3;5-6H,2-4H2,1H3/t13-;14-;;;;5-/m11...1/s1/i4D;2*3D;2D;;. The number of nitrogens with one attached hydrogen (secondary N) is 4. The first-order valence-electron chi connectivity index (χ1n) is 38.8. The van der Waals surface area contributed by atoms with E-state index in [1.54, 1.807) is 68.7 Å². The highest BCUT2D eigenvalue weighted by molar-refractivity contribution is 7.18. The van der Waals surface area contributed by atoms with Crippen LogP contribution in [-0.2, 0) is 25.7 Å². The first kappa shape index (κ1) is 84.6. The Bertz CT molecular complexity index is 5380. The summed E-state index contributed by atoms with van der Waals surface area (Å²) in [6.07, 6.45) is 10.3. The Morgan fingerprint density at radius 1 is 0.444 bits per heavy atom. The Morgan fingerprint density at radius 3 is 1.09 bits per heavy atom. The van der Waals surface area contributed by atoms with Crippen LogP contribution in [0.2, 0.25) is 35.5 Å². The largest absolute Gasteiger partial charge is 0.375 e. The van der Waals surface area contributed by atoms with Crippen molar-refractivity contribution in [1.29, 1.82) is 0 Å². The molecule has 8 aromatic heterocycles. The maximum absolute atomic E-state index is 12.8. The molecule has 3 saturated heterocycles. The number of benzene rings is 4. The van der Waals surface area contributed by atoms with Gasteiger partial charge in [0.05, 0.1) is 49.8 Å². The Balaban J connectivity index is 0.000000162. The summed E-state index contributed by atoms with van der Waals surface area (Å²) in [5.41, 5.74) is 17.8. The number of hydrogen-bond acceptors (Lipinski definition) is 28. The third kappa shape index (κ3) is 27.3. The first-order chi connectivity index (χ1) is 57.4. The van der Waals surface area contributed by atoms with Crippen LogP contribution in [0.1, 0.15) is 145 Å². The van der Waals surface area contributed by atoms with Crippen LogP contribution in [0.25, 0.3) is 0 Å². The number of nitrogens with two attached hydrogens (primary N) is 2. The van der Waals surface area contributed by atoms with Crippen molar-refractivity contribution < 1.29 is 24.7 Å². The van der Waals surface area contributed by atoms with E-state index >= 15 is 0 Å². The quantitative estimate of drug-likeness (QED) is 0.0305. The summed E-state index contributed by atoms with van der Waals surface area (Å²) in [6, 6.07) is 21.4. The van der Waals surface area contributed by atoms with Crippen LogP contribution in [0.3, 0.4) is 0 Å². The fourth-order valence-corrected chi connectivity index (χ4v) is 16.8. The van der Waals surface area contributed by atoms with Gasteiger partial charge in [0.1, 0.15) is 67.8 Å².